The van der Waals surface area contributed by atoms with Crippen LogP contribution in [0, 0.1) is 0 Å². The third-order valence-electron chi connectivity index (χ3n) is 3.83. The van der Waals surface area contributed by atoms with Crippen molar-refractivity contribution in [2.24, 2.45) is 5.10 Å². The third kappa shape index (κ3) is 4.15. The van der Waals surface area contributed by atoms with Crippen LogP contribution in [0.1, 0.15) is 31.9 Å². The average Bonchev–Trinajstić information content (AvgIpc) is 2.61. The van der Waals surface area contributed by atoms with Gasteiger partial charge in [-0.25, -0.2) is 5.43 Å². The summed E-state index contributed by atoms with van der Waals surface area (Å²) in [4.78, 5) is 16.2. The number of hydrogen-bond donors (Lipinski definition) is 1. The van der Waals surface area contributed by atoms with Gasteiger partial charge < -0.3 is 9.47 Å². The number of carbonyl (C=O) groups is 1. The van der Waals surface area contributed by atoms with Crippen molar-refractivity contribution in [2.45, 2.75) is 32.3 Å². The molecule has 1 aromatic heterocycles. The smallest absolute Gasteiger partial charge is 0.284 e. The highest BCUT2D eigenvalue weighted by atomic mass is 16.6. The van der Waals surface area contributed by atoms with Crippen LogP contribution in [0.2, 0.25) is 0 Å². The summed E-state index contributed by atoms with van der Waals surface area (Å²) in [5.41, 5.74) is 4.37. The van der Waals surface area contributed by atoms with E-state index in [0.717, 1.165) is 11.1 Å². The molecule has 130 valence electrons. The molecule has 6 nitrogen and oxygen atoms in total. The van der Waals surface area contributed by atoms with Gasteiger partial charge in [0.2, 0.25) is 6.10 Å². The number of hydrazone groups is 1. The van der Waals surface area contributed by atoms with Gasteiger partial charge in [0.05, 0.1) is 6.21 Å². The van der Waals surface area contributed by atoms with Gasteiger partial charge in [-0.05, 0) is 29.2 Å². The molecule has 1 aliphatic rings. The summed E-state index contributed by atoms with van der Waals surface area (Å²) in [6.45, 7) is 6.51. The van der Waals surface area contributed by atoms with Crippen molar-refractivity contribution in [1.29, 1.82) is 0 Å². The first-order valence-corrected chi connectivity index (χ1v) is 8.10. The van der Waals surface area contributed by atoms with Gasteiger partial charge in [0.15, 0.2) is 11.5 Å². The standard InChI is InChI=1S/C19H21N3O3/c1-19(2,3)14-6-7-15-16(9-14)25-17(12-24-15)18(23)22-21-11-13-5-4-8-20-10-13/h4-11,17H,12H2,1-3H3,(H,22,23). The molecule has 1 aliphatic heterocycles. The van der Waals surface area contributed by atoms with Gasteiger partial charge in [-0.2, -0.15) is 5.10 Å². The fourth-order valence-corrected chi connectivity index (χ4v) is 2.36. The summed E-state index contributed by atoms with van der Waals surface area (Å²) in [7, 11) is 0. The van der Waals surface area contributed by atoms with E-state index in [-0.39, 0.29) is 17.9 Å². The van der Waals surface area contributed by atoms with Crippen molar-refractivity contribution in [3.05, 3.63) is 53.9 Å². The van der Waals surface area contributed by atoms with Crippen LogP contribution in [0.5, 0.6) is 11.5 Å². The highest BCUT2D eigenvalue weighted by molar-refractivity contribution is 5.84. The predicted octanol–water partition coefficient (Wildman–Crippen LogP) is 2.67. The van der Waals surface area contributed by atoms with Gasteiger partial charge in [-0.1, -0.05) is 32.9 Å². The summed E-state index contributed by atoms with van der Waals surface area (Å²) in [5.74, 6) is 0.873. The van der Waals surface area contributed by atoms with Crippen LogP contribution in [0.4, 0.5) is 0 Å². The molecule has 6 heteroatoms. The fraction of sp³-hybridized carbons (Fsp3) is 0.316. The maximum Gasteiger partial charge on any atom is 0.284 e. The normalized spacial score (nSPS) is 16.7. The van der Waals surface area contributed by atoms with Gasteiger partial charge in [-0.3, -0.25) is 9.78 Å². The van der Waals surface area contributed by atoms with Crippen molar-refractivity contribution >= 4 is 12.1 Å². The Bertz CT molecular complexity index is 782. The maximum atomic E-state index is 12.2. The molecule has 0 saturated carbocycles. The number of amides is 1. The average molecular weight is 339 g/mol. The number of rotatable bonds is 3. The monoisotopic (exact) mass is 339 g/mol. The summed E-state index contributed by atoms with van der Waals surface area (Å²) in [5, 5.41) is 3.93. The Morgan fingerprint density at radius 3 is 2.88 bits per heavy atom. The van der Waals surface area contributed by atoms with Crippen molar-refractivity contribution in [3.63, 3.8) is 0 Å². The van der Waals surface area contributed by atoms with E-state index in [1.807, 2.05) is 24.3 Å². The third-order valence-corrected chi connectivity index (χ3v) is 3.83. The number of benzene rings is 1. The lowest BCUT2D eigenvalue weighted by Crippen LogP contribution is -2.42. The fourth-order valence-electron chi connectivity index (χ4n) is 2.36. The van der Waals surface area contributed by atoms with Crippen LogP contribution < -0.4 is 14.9 Å². The first-order valence-electron chi connectivity index (χ1n) is 8.10. The molecule has 1 unspecified atom stereocenters. The summed E-state index contributed by atoms with van der Waals surface area (Å²) >= 11 is 0. The van der Waals surface area contributed by atoms with E-state index < -0.39 is 6.10 Å². The van der Waals surface area contributed by atoms with Gasteiger partial charge in [0, 0.05) is 18.0 Å². The Balaban J connectivity index is 1.65. The molecule has 1 aromatic carbocycles. The van der Waals surface area contributed by atoms with E-state index in [0.29, 0.717) is 11.5 Å². The summed E-state index contributed by atoms with van der Waals surface area (Å²) < 4.78 is 11.5. The number of aromatic nitrogens is 1. The molecule has 0 fully saturated rings. The number of hydrogen-bond acceptors (Lipinski definition) is 5. The van der Waals surface area contributed by atoms with Crippen LogP contribution in [0.15, 0.2) is 47.8 Å². The SMILES string of the molecule is CC(C)(C)c1ccc2c(c1)OC(C(=O)NN=Cc1cccnc1)CO2. The molecule has 25 heavy (non-hydrogen) atoms. The second-order valence-corrected chi connectivity index (χ2v) is 6.85. The van der Waals surface area contributed by atoms with E-state index >= 15 is 0 Å². The molecule has 1 N–H and O–H groups in total. The number of nitrogens with one attached hydrogen (secondary N) is 1. The second-order valence-electron chi connectivity index (χ2n) is 6.85. The minimum absolute atomic E-state index is 0.0123. The molecule has 2 aromatic rings. The zero-order valence-electron chi connectivity index (χ0n) is 14.5. The topological polar surface area (TPSA) is 72.8 Å². The van der Waals surface area contributed by atoms with E-state index in [2.05, 4.69) is 36.3 Å². The van der Waals surface area contributed by atoms with E-state index in [1.165, 1.54) is 6.21 Å². The molecule has 0 saturated heterocycles. The zero-order valence-corrected chi connectivity index (χ0v) is 14.5. The largest absolute Gasteiger partial charge is 0.485 e. The summed E-state index contributed by atoms with van der Waals surface area (Å²) in [6.07, 6.45) is 4.11. The van der Waals surface area contributed by atoms with E-state index in [1.54, 1.807) is 18.5 Å². The molecule has 3 rings (SSSR count). The summed E-state index contributed by atoms with van der Waals surface area (Å²) in [6, 6.07) is 9.46. The lowest BCUT2D eigenvalue weighted by Gasteiger charge is -2.27. The quantitative estimate of drug-likeness (QED) is 0.689. The Hall–Kier alpha value is -2.89. The Kier molecular flexibility index (Phi) is 4.70. The van der Waals surface area contributed by atoms with Gasteiger partial charge >= 0.3 is 0 Å². The van der Waals surface area contributed by atoms with Crippen LogP contribution in [-0.4, -0.2) is 29.8 Å². The van der Waals surface area contributed by atoms with Crippen molar-refractivity contribution in [3.8, 4) is 11.5 Å². The van der Waals surface area contributed by atoms with E-state index in [9.17, 15) is 4.79 Å². The van der Waals surface area contributed by atoms with Crippen LogP contribution in [0.25, 0.3) is 0 Å². The highest BCUT2D eigenvalue weighted by Gasteiger charge is 2.28. The number of carbonyl (C=O) groups excluding carboxylic acids is 1. The maximum absolute atomic E-state index is 12.2. The van der Waals surface area contributed by atoms with Gasteiger partial charge in [-0.15, -0.1) is 0 Å². The second kappa shape index (κ2) is 6.93. The zero-order chi connectivity index (χ0) is 17.9. The Morgan fingerprint density at radius 1 is 1.32 bits per heavy atom. The molecule has 0 bridgehead atoms. The lowest BCUT2D eigenvalue weighted by molar-refractivity contribution is -0.130. The highest BCUT2D eigenvalue weighted by Crippen LogP contribution is 2.36. The minimum Gasteiger partial charge on any atom is -0.485 e. The van der Waals surface area contributed by atoms with E-state index in [4.69, 9.17) is 9.47 Å². The molecule has 1 atom stereocenters. The molecule has 0 aliphatic carbocycles. The molecule has 0 spiro atoms. The number of ether oxygens (including phenoxy) is 2. The number of pyridine rings is 1. The molecule has 2 heterocycles. The first-order chi connectivity index (χ1) is 11.9. The van der Waals surface area contributed by atoms with Gasteiger partial charge in [0.25, 0.3) is 5.91 Å². The minimum atomic E-state index is -0.742. The molecule has 0 radical (unpaired) electrons. The molecule has 1 amide bonds. The predicted molar refractivity (Wildman–Crippen MR) is 95.0 cm³/mol. The van der Waals surface area contributed by atoms with Gasteiger partial charge in [0.1, 0.15) is 6.61 Å². The first kappa shape index (κ1) is 17.0. The van der Waals surface area contributed by atoms with Crippen molar-refractivity contribution in [1.82, 2.24) is 10.4 Å². The Morgan fingerprint density at radius 2 is 2.16 bits per heavy atom. The van der Waals surface area contributed by atoms with Crippen LogP contribution >= 0.6 is 0 Å². The number of fused-ring (bicyclic) bond motifs is 1. The molecular formula is C19H21N3O3. The lowest BCUT2D eigenvalue weighted by atomic mass is 9.87. The molecular weight excluding hydrogens is 318 g/mol. The van der Waals surface area contributed by atoms with Crippen molar-refractivity contribution in [2.75, 3.05) is 6.61 Å². The Labute approximate surface area is 146 Å². The number of nitrogens with zero attached hydrogens (tertiary/aromatic N) is 2. The van der Waals surface area contributed by atoms with Crippen LogP contribution in [0.3, 0.4) is 0 Å². The van der Waals surface area contributed by atoms with Crippen molar-refractivity contribution < 1.29 is 14.3 Å². The van der Waals surface area contributed by atoms with Crippen LogP contribution in [-0.2, 0) is 10.2 Å².